The van der Waals surface area contributed by atoms with Crippen molar-refractivity contribution in [2.75, 3.05) is 13.7 Å². The number of hydrogen-bond acceptors (Lipinski definition) is 2. The first-order valence-corrected chi connectivity index (χ1v) is 4.72. The summed E-state index contributed by atoms with van der Waals surface area (Å²) in [6.45, 7) is 1.74. The second-order valence-electron chi connectivity index (χ2n) is 2.59. The molecule has 0 aliphatic rings. The summed E-state index contributed by atoms with van der Waals surface area (Å²) < 4.78 is 1.13. The minimum Gasteiger partial charge on any atom is -0.308 e. The van der Waals surface area contributed by atoms with Gasteiger partial charge in [0, 0.05) is 17.7 Å². The Labute approximate surface area is 81.5 Å². The molecule has 2 nitrogen and oxygen atoms in total. The highest BCUT2D eigenvalue weighted by Gasteiger charge is 1.91. The van der Waals surface area contributed by atoms with Crippen LogP contribution in [0.1, 0.15) is 5.56 Å². The normalized spacial score (nSPS) is 10.2. The fraction of sp³-hybridized carbons (Fsp3) is 0.333. The maximum Gasteiger partial charge on any atom is 0.0454 e. The molecule has 0 spiro atoms. The number of rotatable bonds is 4. The molecule has 0 heterocycles. The van der Waals surface area contributed by atoms with Crippen molar-refractivity contribution in [1.82, 2.24) is 10.6 Å². The Balaban J connectivity index is 2.41. The lowest BCUT2D eigenvalue weighted by atomic mass is 10.2. The van der Waals surface area contributed by atoms with Crippen molar-refractivity contribution < 1.29 is 0 Å². The van der Waals surface area contributed by atoms with E-state index in [0.717, 1.165) is 17.7 Å². The van der Waals surface area contributed by atoms with Gasteiger partial charge in [0.15, 0.2) is 0 Å². The van der Waals surface area contributed by atoms with Crippen molar-refractivity contribution in [1.29, 1.82) is 0 Å². The van der Waals surface area contributed by atoms with E-state index in [0.29, 0.717) is 0 Å². The molecule has 0 saturated carbocycles. The van der Waals surface area contributed by atoms with E-state index in [-0.39, 0.29) is 0 Å². The van der Waals surface area contributed by atoms with Gasteiger partial charge in [0.1, 0.15) is 0 Å². The molecule has 0 amide bonds. The second-order valence-corrected chi connectivity index (χ2v) is 3.50. The van der Waals surface area contributed by atoms with Gasteiger partial charge in [-0.2, -0.15) is 0 Å². The van der Waals surface area contributed by atoms with Crippen LogP contribution in [0.4, 0.5) is 0 Å². The molecule has 0 aromatic heterocycles. The van der Waals surface area contributed by atoms with Crippen LogP contribution in [-0.2, 0) is 6.54 Å². The number of benzene rings is 1. The Morgan fingerprint density at radius 1 is 1.42 bits per heavy atom. The maximum atomic E-state index is 3.43. The van der Waals surface area contributed by atoms with Gasteiger partial charge in [-0.3, -0.25) is 0 Å². The van der Waals surface area contributed by atoms with Gasteiger partial charge >= 0.3 is 0 Å². The van der Waals surface area contributed by atoms with Gasteiger partial charge in [-0.1, -0.05) is 28.1 Å². The van der Waals surface area contributed by atoms with Crippen molar-refractivity contribution in [3.05, 3.63) is 34.3 Å². The smallest absolute Gasteiger partial charge is 0.0454 e. The quantitative estimate of drug-likeness (QED) is 0.606. The molecular weight excluding hydrogens is 216 g/mol. The molecule has 3 heteroatoms. The van der Waals surface area contributed by atoms with Crippen LogP contribution in [0.25, 0.3) is 0 Å². The predicted molar refractivity (Wildman–Crippen MR) is 54.9 cm³/mol. The van der Waals surface area contributed by atoms with Crippen molar-refractivity contribution in [3.63, 3.8) is 0 Å². The van der Waals surface area contributed by atoms with Crippen LogP contribution >= 0.6 is 15.9 Å². The standard InChI is InChI=1S/C9H13BrN2/c1-11-7-12-6-8-3-2-4-9(10)5-8/h2-5,11-12H,6-7H2,1H3. The topological polar surface area (TPSA) is 24.1 Å². The van der Waals surface area contributed by atoms with E-state index in [4.69, 9.17) is 0 Å². The third-order valence-electron chi connectivity index (χ3n) is 1.52. The first kappa shape index (κ1) is 9.71. The second kappa shape index (κ2) is 5.30. The molecule has 0 atom stereocenters. The van der Waals surface area contributed by atoms with Crippen LogP contribution in [0.3, 0.4) is 0 Å². The molecule has 0 saturated heterocycles. The van der Waals surface area contributed by atoms with Crippen LogP contribution in [-0.4, -0.2) is 13.7 Å². The molecule has 12 heavy (non-hydrogen) atoms. The molecule has 1 aromatic rings. The van der Waals surface area contributed by atoms with Crippen LogP contribution < -0.4 is 10.6 Å². The molecule has 0 bridgehead atoms. The minimum atomic E-state index is 0.840. The summed E-state index contributed by atoms with van der Waals surface area (Å²) in [4.78, 5) is 0. The van der Waals surface area contributed by atoms with Gasteiger partial charge in [-0.05, 0) is 24.7 Å². The number of halogens is 1. The molecule has 1 aromatic carbocycles. The molecule has 0 aliphatic heterocycles. The van der Waals surface area contributed by atoms with E-state index >= 15 is 0 Å². The van der Waals surface area contributed by atoms with E-state index in [1.807, 2.05) is 19.2 Å². The van der Waals surface area contributed by atoms with Crippen molar-refractivity contribution in [3.8, 4) is 0 Å². The summed E-state index contributed by atoms with van der Waals surface area (Å²) in [6.07, 6.45) is 0. The number of nitrogens with one attached hydrogen (secondary N) is 2. The van der Waals surface area contributed by atoms with E-state index in [1.165, 1.54) is 5.56 Å². The molecule has 0 unspecified atom stereocenters. The van der Waals surface area contributed by atoms with Crippen LogP contribution in [0.5, 0.6) is 0 Å². The molecule has 0 fully saturated rings. The third-order valence-corrected chi connectivity index (χ3v) is 2.01. The zero-order valence-electron chi connectivity index (χ0n) is 7.10. The van der Waals surface area contributed by atoms with Gasteiger partial charge in [0.25, 0.3) is 0 Å². The fourth-order valence-corrected chi connectivity index (χ4v) is 1.43. The van der Waals surface area contributed by atoms with Crippen LogP contribution in [0.15, 0.2) is 28.7 Å². The van der Waals surface area contributed by atoms with Crippen molar-refractivity contribution >= 4 is 15.9 Å². The van der Waals surface area contributed by atoms with Gasteiger partial charge < -0.3 is 10.6 Å². The zero-order chi connectivity index (χ0) is 8.81. The average molecular weight is 229 g/mol. The lowest BCUT2D eigenvalue weighted by Gasteiger charge is -2.03. The summed E-state index contributed by atoms with van der Waals surface area (Å²) in [6, 6.07) is 8.29. The Morgan fingerprint density at radius 3 is 2.92 bits per heavy atom. The van der Waals surface area contributed by atoms with E-state index in [9.17, 15) is 0 Å². The van der Waals surface area contributed by atoms with Crippen LogP contribution in [0, 0.1) is 0 Å². The summed E-state index contributed by atoms with van der Waals surface area (Å²) in [5.41, 5.74) is 1.29. The minimum absolute atomic E-state index is 0.840. The highest BCUT2D eigenvalue weighted by atomic mass is 79.9. The molecule has 0 radical (unpaired) electrons. The lowest BCUT2D eigenvalue weighted by Crippen LogP contribution is -2.25. The molecular formula is C9H13BrN2. The van der Waals surface area contributed by atoms with E-state index in [1.54, 1.807) is 0 Å². The molecule has 0 aliphatic carbocycles. The third kappa shape index (κ3) is 3.34. The van der Waals surface area contributed by atoms with Gasteiger partial charge in [0.05, 0.1) is 0 Å². The van der Waals surface area contributed by atoms with Crippen LogP contribution in [0.2, 0.25) is 0 Å². The Hall–Kier alpha value is -0.380. The van der Waals surface area contributed by atoms with Gasteiger partial charge in [-0.15, -0.1) is 0 Å². The largest absolute Gasteiger partial charge is 0.308 e. The zero-order valence-corrected chi connectivity index (χ0v) is 8.69. The molecule has 1 rings (SSSR count). The summed E-state index contributed by atoms with van der Waals surface area (Å²) >= 11 is 3.43. The summed E-state index contributed by atoms with van der Waals surface area (Å²) in [7, 11) is 1.92. The average Bonchev–Trinajstić information content (AvgIpc) is 2.05. The first-order valence-electron chi connectivity index (χ1n) is 3.92. The lowest BCUT2D eigenvalue weighted by molar-refractivity contribution is 0.632. The van der Waals surface area contributed by atoms with Crippen molar-refractivity contribution in [2.24, 2.45) is 0 Å². The monoisotopic (exact) mass is 228 g/mol. The Bertz CT molecular complexity index is 238. The van der Waals surface area contributed by atoms with Crippen molar-refractivity contribution in [2.45, 2.75) is 6.54 Å². The predicted octanol–water partition coefficient (Wildman–Crippen LogP) is 1.72. The highest BCUT2D eigenvalue weighted by Crippen LogP contribution is 2.10. The summed E-state index contributed by atoms with van der Waals surface area (Å²) in [5, 5.41) is 6.28. The van der Waals surface area contributed by atoms with Gasteiger partial charge in [0.2, 0.25) is 0 Å². The Morgan fingerprint density at radius 2 is 2.25 bits per heavy atom. The maximum absolute atomic E-state index is 3.43. The fourth-order valence-electron chi connectivity index (χ4n) is 0.979. The van der Waals surface area contributed by atoms with Gasteiger partial charge in [-0.25, -0.2) is 0 Å². The molecule has 66 valence electrons. The summed E-state index contributed by atoms with van der Waals surface area (Å²) in [5.74, 6) is 0. The Kier molecular flexibility index (Phi) is 4.29. The first-order chi connectivity index (χ1) is 5.83. The number of hydrogen-bond donors (Lipinski definition) is 2. The van der Waals surface area contributed by atoms with E-state index in [2.05, 4.69) is 38.7 Å². The van der Waals surface area contributed by atoms with E-state index < -0.39 is 0 Å². The molecule has 2 N–H and O–H groups in total. The SMILES string of the molecule is CNCNCc1cccc(Br)c1. The highest BCUT2D eigenvalue weighted by molar-refractivity contribution is 9.10.